The molecule has 20 heavy (non-hydrogen) atoms. The summed E-state index contributed by atoms with van der Waals surface area (Å²) < 4.78 is 5.16. The van der Waals surface area contributed by atoms with Crippen LogP contribution in [0.1, 0.15) is 32.8 Å². The molecule has 1 rings (SSSR count). The molecule has 1 amide bonds. The molecule has 0 saturated heterocycles. The van der Waals surface area contributed by atoms with Crippen LogP contribution in [0.5, 0.6) is 5.75 Å². The molecule has 1 unspecified atom stereocenters. The molecule has 1 aromatic carbocycles. The fourth-order valence-corrected chi connectivity index (χ4v) is 2.44. The minimum atomic E-state index is -0.343. The maximum Gasteiger partial charge on any atom is 0.224 e. The van der Waals surface area contributed by atoms with E-state index in [1.54, 1.807) is 7.11 Å². The van der Waals surface area contributed by atoms with E-state index in [9.17, 15) is 4.79 Å². The van der Waals surface area contributed by atoms with E-state index in [1.807, 2.05) is 31.2 Å². The molecule has 0 aliphatic rings. The molecule has 0 aromatic heterocycles. The summed E-state index contributed by atoms with van der Waals surface area (Å²) in [5.41, 5.74) is 6.40. The Morgan fingerprint density at radius 1 is 1.45 bits per heavy atom. The molecule has 4 nitrogen and oxygen atoms in total. The maximum atomic E-state index is 12.2. The van der Waals surface area contributed by atoms with Gasteiger partial charge in [-0.1, -0.05) is 26.0 Å². The van der Waals surface area contributed by atoms with Crippen molar-refractivity contribution in [2.75, 3.05) is 13.7 Å². The van der Waals surface area contributed by atoms with Crippen LogP contribution in [0.3, 0.4) is 0 Å². The zero-order valence-corrected chi connectivity index (χ0v) is 12.9. The second-order valence-corrected chi connectivity index (χ2v) is 5.94. The first-order valence-electron chi connectivity index (χ1n) is 7.02. The SMILES string of the molecule is COc1cccc(CC(=O)NC(C)(CN)CC(C)C)c1. The van der Waals surface area contributed by atoms with E-state index in [1.165, 1.54) is 0 Å². The van der Waals surface area contributed by atoms with E-state index in [0.717, 1.165) is 17.7 Å². The molecule has 0 fully saturated rings. The lowest BCUT2D eigenvalue weighted by Crippen LogP contribution is -2.52. The molecule has 0 bridgehead atoms. The van der Waals surface area contributed by atoms with E-state index in [2.05, 4.69) is 19.2 Å². The minimum Gasteiger partial charge on any atom is -0.497 e. The predicted octanol–water partition coefficient (Wildman–Crippen LogP) is 2.12. The molecule has 0 radical (unpaired) electrons. The zero-order valence-electron chi connectivity index (χ0n) is 12.9. The first kappa shape index (κ1) is 16.5. The third kappa shape index (κ3) is 5.21. The summed E-state index contributed by atoms with van der Waals surface area (Å²) >= 11 is 0. The van der Waals surface area contributed by atoms with Gasteiger partial charge in [-0.05, 0) is 37.0 Å². The Bertz CT molecular complexity index is 446. The van der Waals surface area contributed by atoms with Crippen LogP contribution in [0.25, 0.3) is 0 Å². The highest BCUT2D eigenvalue weighted by Gasteiger charge is 2.25. The number of rotatable bonds is 7. The van der Waals surface area contributed by atoms with Gasteiger partial charge in [-0.2, -0.15) is 0 Å². The van der Waals surface area contributed by atoms with E-state index >= 15 is 0 Å². The van der Waals surface area contributed by atoms with Gasteiger partial charge in [0, 0.05) is 12.1 Å². The van der Waals surface area contributed by atoms with Crippen LogP contribution in [0.2, 0.25) is 0 Å². The highest BCUT2D eigenvalue weighted by atomic mass is 16.5. The summed E-state index contributed by atoms with van der Waals surface area (Å²) in [6, 6.07) is 7.55. The van der Waals surface area contributed by atoms with Gasteiger partial charge in [0.15, 0.2) is 0 Å². The molecule has 4 heteroatoms. The molecular formula is C16H26N2O2. The number of hydrogen-bond donors (Lipinski definition) is 2. The molecule has 1 atom stereocenters. The summed E-state index contributed by atoms with van der Waals surface area (Å²) in [6.07, 6.45) is 1.21. The number of benzene rings is 1. The molecule has 0 aliphatic carbocycles. The number of methoxy groups -OCH3 is 1. The topological polar surface area (TPSA) is 64.3 Å². The van der Waals surface area contributed by atoms with E-state index in [0.29, 0.717) is 18.9 Å². The van der Waals surface area contributed by atoms with Crippen molar-refractivity contribution >= 4 is 5.91 Å². The second kappa shape index (κ2) is 7.29. The summed E-state index contributed by atoms with van der Waals surface area (Å²) in [7, 11) is 1.62. The predicted molar refractivity (Wildman–Crippen MR) is 81.8 cm³/mol. The molecule has 0 saturated carbocycles. The number of carbonyl (C=O) groups is 1. The van der Waals surface area contributed by atoms with Crippen LogP contribution in [-0.4, -0.2) is 25.1 Å². The number of carbonyl (C=O) groups excluding carboxylic acids is 1. The average Bonchev–Trinajstić information content (AvgIpc) is 2.37. The van der Waals surface area contributed by atoms with Crippen LogP contribution < -0.4 is 15.8 Å². The third-order valence-corrected chi connectivity index (χ3v) is 3.25. The van der Waals surface area contributed by atoms with Crippen molar-refractivity contribution < 1.29 is 9.53 Å². The van der Waals surface area contributed by atoms with Gasteiger partial charge in [0.2, 0.25) is 5.91 Å². The van der Waals surface area contributed by atoms with E-state index in [-0.39, 0.29) is 11.4 Å². The number of hydrogen-bond acceptors (Lipinski definition) is 3. The third-order valence-electron chi connectivity index (χ3n) is 3.25. The quantitative estimate of drug-likeness (QED) is 0.803. The van der Waals surface area contributed by atoms with Crippen LogP contribution in [0.15, 0.2) is 24.3 Å². The summed E-state index contributed by atoms with van der Waals surface area (Å²) in [5, 5.41) is 3.06. The van der Waals surface area contributed by atoms with Crippen molar-refractivity contribution in [1.82, 2.24) is 5.32 Å². The van der Waals surface area contributed by atoms with Crippen molar-refractivity contribution in [3.05, 3.63) is 29.8 Å². The Balaban J connectivity index is 2.66. The van der Waals surface area contributed by atoms with Gasteiger partial charge in [0.05, 0.1) is 13.5 Å². The first-order chi connectivity index (χ1) is 9.38. The summed E-state index contributed by atoms with van der Waals surface area (Å²) in [5.74, 6) is 1.24. The van der Waals surface area contributed by atoms with Crippen LogP contribution >= 0.6 is 0 Å². The van der Waals surface area contributed by atoms with Gasteiger partial charge in [0.1, 0.15) is 5.75 Å². The van der Waals surface area contributed by atoms with Crippen LogP contribution in [-0.2, 0) is 11.2 Å². The molecule has 3 N–H and O–H groups in total. The first-order valence-corrected chi connectivity index (χ1v) is 7.02. The van der Waals surface area contributed by atoms with Gasteiger partial charge in [-0.25, -0.2) is 0 Å². The zero-order chi connectivity index (χ0) is 15.2. The Morgan fingerprint density at radius 3 is 2.70 bits per heavy atom. The monoisotopic (exact) mass is 278 g/mol. The highest BCUT2D eigenvalue weighted by Crippen LogP contribution is 2.17. The van der Waals surface area contributed by atoms with Gasteiger partial charge < -0.3 is 15.8 Å². The smallest absolute Gasteiger partial charge is 0.224 e. The molecule has 112 valence electrons. The standard InChI is InChI=1S/C16H26N2O2/c1-12(2)10-16(3,11-17)18-15(19)9-13-6-5-7-14(8-13)20-4/h5-8,12H,9-11,17H2,1-4H3,(H,18,19). The fourth-order valence-electron chi connectivity index (χ4n) is 2.44. The van der Waals surface area contributed by atoms with Gasteiger partial charge in [-0.3, -0.25) is 4.79 Å². The van der Waals surface area contributed by atoms with Crippen molar-refractivity contribution in [2.24, 2.45) is 11.7 Å². The Morgan fingerprint density at radius 2 is 2.15 bits per heavy atom. The molecular weight excluding hydrogens is 252 g/mol. The normalized spacial score (nSPS) is 13.9. The van der Waals surface area contributed by atoms with Gasteiger partial charge in [-0.15, -0.1) is 0 Å². The maximum absolute atomic E-state index is 12.2. The number of amides is 1. The Hall–Kier alpha value is -1.55. The average molecular weight is 278 g/mol. The molecule has 1 aromatic rings. The summed E-state index contributed by atoms with van der Waals surface area (Å²) in [6.45, 7) is 6.69. The van der Waals surface area contributed by atoms with Crippen LogP contribution in [0.4, 0.5) is 0 Å². The van der Waals surface area contributed by atoms with E-state index < -0.39 is 0 Å². The van der Waals surface area contributed by atoms with Crippen molar-refractivity contribution in [1.29, 1.82) is 0 Å². The van der Waals surface area contributed by atoms with Gasteiger partial charge in [0.25, 0.3) is 0 Å². The van der Waals surface area contributed by atoms with Crippen LogP contribution in [0, 0.1) is 5.92 Å². The largest absolute Gasteiger partial charge is 0.497 e. The Kier molecular flexibility index (Phi) is 6.02. The van der Waals surface area contributed by atoms with Crippen molar-refractivity contribution in [3.8, 4) is 5.75 Å². The molecule has 0 aliphatic heterocycles. The summed E-state index contributed by atoms with van der Waals surface area (Å²) in [4.78, 5) is 12.2. The second-order valence-electron chi connectivity index (χ2n) is 5.94. The minimum absolute atomic E-state index is 0.00754. The van der Waals surface area contributed by atoms with Gasteiger partial charge >= 0.3 is 0 Å². The lowest BCUT2D eigenvalue weighted by molar-refractivity contribution is -0.122. The van der Waals surface area contributed by atoms with Crippen molar-refractivity contribution in [3.63, 3.8) is 0 Å². The van der Waals surface area contributed by atoms with E-state index in [4.69, 9.17) is 10.5 Å². The fraction of sp³-hybridized carbons (Fsp3) is 0.562. The highest BCUT2D eigenvalue weighted by molar-refractivity contribution is 5.79. The molecule has 0 spiro atoms. The number of nitrogens with one attached hydrogen (secondary N) is 1. The number of ether oxygens (including phenoxy) is 1. The van der Waals surface area contributed by atoms with Crippen molar-refractivity contribution in [2.45, 2.75) is 39.2 Å². The lowest BCUT2D eigenvalue weighted by Gasteiger charge is -2.31. The lowest BCUT2D eigenvalue weighted by atomic mass is 9.90. The number of nitrogens with two attached hydrogens (primary N) is 1. The Labute approximate surface area is 121 Å². The molecule has 0 heterocycles.